The number of likely N-dealkylation sites (N-methyl/N-ethyl adjacent to an activating group) is 1. The minimum Gasteiger partial charge on any atom is -0.348 e. The van der Waals surface area contributed by atoms with Crippen molar-refractivity contribution in [1.82, 2.24) is 4.90 Å². The highest BCUT2D eigenvalue weighted by Gasteiger charge is 2.34. The van der Waals surface area contributed by atoms with Crippen molar-refractivity contribution >= 4 is 11.7 Å². The number of rotatable bonds is 1. The molecule has 1 aromatic carbocycles. The van der Waals surface area contributed by atoms with Crippen molar-refractivity contribution in [2.45, 2.75) is 19.3 Å². The van der Waals surface area contributed by atoms with Crippen molar-refractivity contribution in [2.75, 3.05) is 14.1 Å². The highest BCUT2D eigenvalue weighted by atomic mass is 16.2. The van der Waals surface area contributed by atoms with Gasteiger partial charge in [0.05, 0.1) is 5.92 Å². The molecule has 2 rings (SSSR count). The number of hydrogen-bond acceptors (Lipinski definition) is 2. The number of carbonyl (C=O) groups is 2. The molecule has 1 aliphatic carbocycles. The number of aryl methyl sites for hydroxylation is 1. The number of hydrogen-bond donors (Lipinski definition) is 0. The predicted octanol–water partition coefficient (Wildman–Crippen LogP) is 1.75. The lowest BCUT2D eigenvalue weighted by Crippen LogP contribution is -2.27. The summed E-state index contributed by atoms with van der Waals surface area (Å²) in [7, 11) is 3.44. The van der Waals surface area contributed by atoms with E-state index in [1.54, 1.807) is 19.0 Å². The summed E-state index contributed by atoms with van der Waals surface area (Å²) in [5.41, 5.74) is 2.67. The van der Waals surface area contributed by atoms with Crippen LogP contribution in [0.25, 0.3) is 0 Å². The van der Waals surface area contributed by atoms with Crippen LogP contribution >= 0.6 is 0 Å². The van der Waals surface area contributed by atoms with E-state index in [0.29, 0.717) is 6.42 Å². The first-order chi connectivity index (χ1) is 7.50. The summed E-state index contributed by atoms with van der Waals surface area (Å²) in [6.07, 6.45) is 0.315. The van der Waals surface area contributed by atoms with Gasteiger partial charge in [0.1, 0.15) is 0 Å². The van der Waals surface area contributed by atoms with Gasteiger partial charge in [-0.25, -0.2) is 0 Å². The Morgan fingerprint density at radius 3 is 2.69 bits per heavy atom. The van der Waals surface area contributed by atoms with Gasteiger partial charge in [-0.3, -0.25) is 9.59 Å². The maximum Gasteiger partial charge on any atom is 0.230 e. The van der Waals surface area contributed by atoms with E-state index in [4.69, 9.17) is 0 Å². The normalized spacial score (nSPS) is 18.4. The van der Waals surface area contributed by atoms with Gasteiger partial charge in [-0.15, -0.1) is 0 Å². The van der Waals surface area contributed by atoms with Crippen LogP contribution in [-0.2, 0) is 4.79 Å². The molecule has 0 saturated carbocycles. The van der Waals surface area contributed by atoms with Crippen molar-refractivity contribution in [3.8, 4) is 0 Å². The molecule has 0 bridgehead atoms. The number of carbonyl (C=O) groups excluding carboxylic acids is 2. The van der Waals surface area contributed by atoms with Crippen LogP contribution in [0.3, 0.4) is 0 Å². The first-order valence-electron chi connectivity index (χ1n) is 5.35. The molecule has 0 heterocycles. The largest absolute Gasteiger partial charge is 0.348 e. The number of Topliss-reactive ketones (excluding diaryl/α,β-unsaturated/α-hetero) is 1. The van der Waals surface area contributed by atoms with Crippen molar-refractivity contribution in [3.05, 3.63) is 34.9 Å². The van der Waals surface area contributed by atoms with Crippen LogP contribution < -0.4 is 0 Å². The van der Waals surface area contributed by atoms with Crippen LogP contribution in [-0.4, -0.2) is 30.7 Å². The minimum absolute atomic E-state index is 0.0101. The fraction of sp³-hybridized carbons (Fsp3) is 0.385. The van der Waals surface area contributed by atoms with Crippen molar-refractivity contribution < 1.29 is 9.59 Å². The topological polar surface area (TPSA) is 37.4 Å². The number of nitrogens with zero attached hydrogens (tertiary/aromatic N) is 1. The van der Waals surface area contributed by atoms with Gasteiger partial charge in [-0.05, 0) is 18.6 Å². The Hall–Kier alpha value is -1.64. The highest BCUT2D eigenvalue weighted by Crippen LogP contribution is 2.34. The van der Waals surface area contributed by atoms with Crippen molar-refractivity contribution in [2.24, 2.45) is 0 Å². The molecule has 16 heavy (non-hydrogen) atoms. The van der Waals surface area contributed by atoms with E-state index in [2.05, 4.69) is 0 Å². The quantitative estimate of drug-likeness (QED) is 0.718. The fourth-order valence-electron chi connectivity index (χ4n) is 2.15. The summed E-state index contributed by atoms with van der Waals surface area (Å²) in [5.74, 6) is -0.187. The summed E-state index contributed by atoms with van der Waals surface area (Å²) in [4.78, 5) is 25.2. The molecular weight excluding hydrogens is 202 g/mol. The summed E-state index contributed by atoms with van der Waals surface area (Å²) in [6, 6.07) is 5.73. The van der Waals surface area contributed by atoms with Gasteiger partial charge < -0.3 is 4.90 Å². The van der Waals surface area contributed by atoms with E-state index >= 15 is 0 Å². The molecule has 1 aromatic rings. The summed E-state index contributed by atoms with van der Waals surface area (Å²) in [5, 5.41) is 0. The summed E-state index contributed by atoms with van der Waals surface area (Å²) in [6.45, 7) is 1.95. The molecule has 3 nitrogen and oxygen atoms in total. The van der Waals surface area contributed by atoms with Gasteiger partial charge in [-0.2, -0.15) is 0 Å². The van der Waals surface area contributed by atoms with E-state index in [0.717, 1.165) is 16.7 Å². The Kier molecular flexibility index (Phi) is 2.54. The summed E-state index contributed by atoms with van der Waals surface area (Å²) < 4.78 is 0. The molecule has 3 heteroatoms. The maximum absolute atomic E-state index is 11.9. The summed E-state index contributed by atoms with van der Waals surface area (Å²) >= 11 is 0. The predicted molar refractivity (Wildman–Crippen MR) is 61.6 cm³/mol. The minimum atomic E-state index is -0.280. The Balaban J connectivity index is 2.44. The third-order valence-corrected chi connectivity index (χ3v) is 3.01. The van der Waals surface area contributed by atoms with E-state index in [1.807, 2.05) is 25.1 Å². The Morgan fingerprint density at radius 1 is 1.38 bits per heavy atom. The molecule has 1 unspecified atom stereocenters. The van der Waals surface area contributed by atoms with Gasteiger partial charge in [-0.1, -0.05) is 17.7 Å². The molecule has 84 valence electrons. The smallest absolute Gasteiger partial charge is 0.230 e. The molecule has 0 aliphatic heterocycles. The molecule has 0 aromatic heterocycles. The van der Waals surface area contributed by atoms with Crippen LogP contribution in [0.4, 0.5) is 0 Å². The van der Waals surface area contributed by atoms with Crippen molar-refractivity contribution in [1.29, 1.82) is 0 Å². The molecule has 1 atom stereocenters. The molecule has 1 amide bonds. The number of amides is 1. The molecule has 0 radical (unpaired) electrons. The molecule has 0 spiro atoms. The van der Waals surface area contributed by atoms with E-state index in [9.17, 15) is 9.59 Å². The van der Waals surface area contributed by atoms with Crippen LogP contribution in [0, 0.1) is 6.92 Å². The van der Waals surface area contributed by atoms with Gasteiger partial charge >= 0.3 is 0 Å². The zero-order valence-electron chi connectivity index (χ0n) is 9.78. The molecule has 0 saturated heterocycles. The molecule has 0 N–H and O–H groups in total. The average Bonchev–Trinajstić information content (AvgIpc) is 2.55. The average molecular weight is 217 g/mol. The molecule has 1 aliphatic rings. The Labute approximate surface area is 95.1 Å². The second-order valence-electron chi connectivity index (χ2n) is 4.50. The zero-order valence-corrected chi connectivity index (χ0v) is 9.78. The van der Waals surface area contributed by atoms with Crippen LogP contribution in [0.15, 0.2) is 18.2 Å². The first kappa shape index (κ1) is 10.9. The second-order valence-corrected chi connectivity index (χ2v) is 4.50. The van der Waals surface area contributed by atoms with Crippen molar-refractivity contribution in [3.63, 3.8) is 0 Å². The van der Waals surface area contributed by atoms with Crippen LogP contribution in [0.5, 0.6) is 0 Å². The van der Waals surface area contributed by atoms with Gasteiger partial charge in [0, 0.05) is 26.1 Å². The number of ketones is 1. The lowest BCUT2D eigenvalue weighted by atomic mass is 9.99. The third kappa shape index (κ3) is 1.62. The van der Waals surface area contributed by atoms with Gasteiger partial charge in [0.2, 0.25) is 5.91 Å². The Bertz CT molecular complexity index is 463. The van der Waals surface area contributed by atoms with Gasteiger partial charge in [0.25, 0.3) is 0 Å². The monoisotopic (exact) mass is 217 g/mol. The molecular formula is C13H15NO2. The highest BCUT2D eigenvalue weighted by molar-refractivity contribution is 6.06. The zero-order chi connectivity index (χ0) is 11.9. The fourth-order valence-corrected chi connectivity index (χ4v) is 2.15. The maximum atomic E-state index is 11.9. The second kappa shape index (κ2) is 3.74. The van der Waals surface area contributed by atoms with Gasteiger partial charge in [0.15, 0.2) is 5.78 Å². The van der Waals surface area contributed by atoms with E-state index < -0.39 is 0 Å². The van der Waals surface area contributed by atoms with E-state index in [1.165, 1.54) is 0 Å². The molecule has 0 fully saturated rings. The third-order valence-electron chi connectivity index (χ3n) is 3.01. The number of fused-ring (bicyclic) bond motifs is 1. The van der Waals surface area contributed by atoms with Crippen LogP contribution in [0.1, 0.15) is 33.8 Å². The van der Waals surface area contributed by atoms with E-state index in [-0.39, 0.29) is 17.6 Å². The SMILES string of the molecule is Cc1ccc2c(c1)C(=O)CC2C(=O)N(C)C. The number of benzene rings is 1. The first-order valence-corrected chi connectivity index (χ1v) is 5.35. The van der Waals surface area contributed by atoms with Crippen LogP contribution in [0.2, 0.25) is 0 Å². The lowest BCUT2D eigenvalue weighted by molar-refractivity contribution is -0.130. The lowest BCUT2D eigenvalue weighted by Gasteiger charge is -2.16. The standard InChI is InChI=1S/C13H15NO2/c1-8-4-5-9-10(6-8)12(15)7-11(9)13(16)14(2)3/h4-6,11H,7H2,1-3H3. The Morgan fingerprint density at radius 2 is 2.06 bits per heavy atom.